The van der Waals surface area contributed by atoms with E-state index in [-0.39, 0.29) is 0 Å². The summed E-state index contributed by atoms with van der Waals surface area (Å²) in [6, 6.07) is 0. The molecule has 1 nitrogen and oxygen atoms in total. The van der Waals surface area contributed by atoms with Crippen molar-refractivity contribution in [1.29, 1.82) is 0 Å². The summed E-state index contributed by atoms with van der Waals surface area (Å²) < 4.78 is 0. The van der Waals surface area contributed by atoms with Gasteiger partial charge in [-0.05, 0) is 18.8 Å². The van der Waals surface area contributed by atoms with Gasteiger partial charge < -0.3 is 0 Å². The van der Waals surface area contributed by atoms with Gasteiger partial charge in [0.2, 0.25) is 0 Å². The van der Waals surface area contributed by atoms with Gasteiger partial charge in [-0.15, -0.1) is 0 Å². The van der Waals surface area contributed by atoms with Gasteiger partial charge in [-0.1, -0.05) is 193 Å². The summed E-state index contributed by atoms with van der Waals surface area (Å²) in [6.45, 7) is 2.29. The lowest BCUT2D eigenvalue weighted by molar-refractivity contribution is -0.119. The van der Waals surface area contributed by atoms with Crippen LogP contribution in [-0.4, -0.2) is 5.78 Å². The van der Waals surface area contributed by atoms with E-state index in [4.69, 9.17) is 0 Å². The maximum Gasteiger partial charge on any atom is 0.132 e. The van der Waals surface area contributed by atoms with Crippen LogP contribution in [0.2, 0.25) is 0 Å². The minimum absolute atomic E-state index is 0.530. The molecule has 220 valence electrons. The molecular formula is C36H70O. The van der Waals surface area contributed by atoms with E-state index in [1.165, 1.54) is 186 Å². The standard InChI is InChI=1S/C36H70O/c1-2-3-4-5-6-7-8-9-10-13-16-19-22-25-28-31-36(37)32-29-26-23-20-17-14-11-12-15-18-21-24-27-30-35-33-34-35/h35H,2-34H2,1H3. The summed E-state index contributed by atoms with van der Waals surface area (Å²) in [6.07, 6.45) is 45.4. The van der Waals surface area contributed by atoms with E-state index in [2.05, 4.69) is 6.92 Å². The van der Waals surface area contributed by atoms with Gasteiger partial charge in [0.05, 0.1) is 0 Å². The van der Waals surface area contributed by atoms with E-state index in [9.17, 15) is 4.79 Å². The average molecular weight is 519 g/mol. The largest absolute Gasteiger partial charge is 0.300 e. The van der Waals surface area contributed by atoms with E-state index in [0.29, 0.717) is 5.78 Å². The second kappa shape index (κ2) is 28.7. The molecule has 0 spiro atoms. The van der Waals surface area contributed by atoms with E-state index >= 15 is 0 Å². The Kier molecular flexibility index (Phi) is 26.9. The van der Waals surface area contributed by atoms with Gasteiger partial charge in [-0.3, -0.25) is 4.79 Å². The van der Waals surface area contributed by atoms with Crippen LogP contribution < -0.4 is 0 Å². The Morgan fingerprint density at radius 3 is 0.973 bits per heavy atom. The third-order valence-electron chi connectivity index (χ3n) is 8.82. The van der Waals surface area contributed by atoms with Crippen LogP contribution in [0.3, 0.4) is 0 Å². The highest BCUT2D eigenvalue weighted by Gasteiger charge is 2.19. The first-order valence-corrected chi connectivity index (χ1v) is 17.8. The van der Waals surface area contributed by atoms with Crippen molar-refractivity contribution in [2.24, 2.45) is 5.92 Å². The lowest BCUT2D eigenvalue weighted by Gasteiger charge is -2.04. The molecule has 1 rings (SSSR count). The molecule has 0 aromatic rings. The zero-order chi connectivity index (χ0) is 26.5. The van der Waals surface area contributed by atoms with Crippen LogP contribution in [0.5, 0.6) is 0 Å². The Bertz CT molecular complexity index is 452. The van der Waals surface area contributed by atoms with E-state index < -0.39 is 0 Å². The van der Waals surface area contributed by atoms with Crippen LogP contribution in [0.25, 0.3) is 0 Å². The second-order valence-electron chi connectivity index (χ2n) is 12.8. The van der Waals surface area contributed by atoms with E-state index in [1.54, 1.807) is 0 Å². The molecule has 0 saturated heterocycles. The average Bonchev–Trinajstić information content (AvgIpc) is 3.73. The van der Waals surface area contributed by atoms with E-state index in [0.717, 1.165) is 31.6 Å². The normalized spacial score (nSPS) is 13.4. The number of unbranched alkanes of at least 4 members (excludes halogenated alkanes) is 26. The predicted molar refractivity (Wildman–Crippen MR) is 167 cm³/mol. The van der Waals surface area contributed by atoms with Crippen LogP contribution in [0.1, 0.15) is 219 Å². The molecule has 0 heterocycles. The van der Waals surface area contributed by atoms with Gasteiger partial charge in [0, 0.05) is 12.8 Å². The first kappa shape index (κ1) is 34.7. The van der Waals surface area contributed by atoms with Crippen LogP contribution in [0.15, 0.2) is 0 Å². The van der Waals surface area contributed by atoms with Crippen LogP contribution in [0.4, 0.5) is 0 Å². The summed E-state index contributed by atoms with van der Waals surface area (Å²) in [4.78, 5) is 12.1. The summed E-state index contributed by atoms with van der Waals surface area (Å²) in [5, 5.41) is 0. The monoisotopic (exact) mass is 519 g/mol. The highest BCUT2D eigenvalue weighted by Crippen LogP contribution is 2.34. The zero-order valence-electron chi connectivity index (χ0n) is 25.8. The van der Waals surface area contributed by atoms with Crippen molar-refractivity contribution in [2.45, 2.75) is 219 Å². The van der Waals surface area contributed by atoms with Crippen molar-refractivity contribution in [3.63, 3.8) is 0 Å². The Hall–Kier alpha value is -0.330. The molecule has 0 aromatic heterocycles. The van der Waals surface area contributed by atoms with Gasteiger partial charge >= 0.3 is 0 Å². The smallest absolute Gasteiger partial charge is 0.132 e. The van der Waals surface area contributed by atoms with Gasteiger partial charge in [0.25, 0.3) is 0 Å². The summed E-state index contributed by atoms with van der Waals surface area (Å²) in [7, 11) is 0. The summed E-state index contributed by atoms with van der Waals surface area (Å²) in [5.41, 5.74) is 0. The number of carbonyl (C=O) groups excluding carboxylic acids is 1. The van der Waals surface area contributed by atoms with Gasteiger partial charge in [0.1, 0.15) is 5.78 Å². The molecule has 0 N–H and O–H groups in total. The molecule has 0 unspecified atom stereocenters. The first-order chi connectivity index (χ1) is 18.3. The highest BCUT2D eigenvalue weighted by atomic mass is 16.1. The summed E-state index contributed by atoms with van der Waals surface area (Å²) in [5.74, 6) is 1.66. The van der Waals surface area contributed by atoms with Gasteiger partial charge in [0.15, 0.2) is 0 Å². The number of Topliss-reactive ketones (excluding diaryl/α,β-unsaturated/α-hetero) is 1. The minimum atomic E-state index is 0.530. The molecule has 0 atom stereocenters. The molecule has 1 saturated carbocycles. The fraction of sp³-hybridized carbons (Fsp3) is 0.972. The topological polar surface area (TPSA) is 17.1 Å². The molecule has 0 amide bonds. The molecule has 1 aliphatic carbocycles. The molecule has 1 fully saturated rings. The SMILES string of the molecule is CCCCCCCCCCCCCCCCCC(=O)CCCCCCCCCCCCCCCC1CC1. The third kappa shape index (κ3) is 28.5. The quantitative estimate of drug-likeness (QED) is 0.0809. The molecule has 37 heavy (non-hydrogen) atoms. The zero-order valence-corrected chi connectivity index (χ0v) is 25.8. The first-order valence-electron chi connectivity index (χ1n) is 17.8. The van der Waals surface area contributed by atoms with Crippen molar-refractivity contribution < 1.29 is 4.79 Å². The van der Waals surface area contributed by atoms with Crippen molar-refractivity contribution in [1.82, 2.24) is 0 Å². The number of carbonyl (C=O) groups is 1. The Morgan fingerprint density at radius 1 is 0.405 bits per heavy atom. The Morgan fingerprint density at radius 2 is 0.676 bits per heavy atom. The van der Waals surface area contributed by atoms with Crippen LogP contribution in [-0.2, 0) is 4.79 Å². The minimum Gasteiger partial charge on any atom is -0.300 e. The number of rotatable bonds is 32. The maximum atomic E-state index is 12.1. The van der Waals surface area contributed by atoms with Crippen LogP contribution >= 0.6 is 0 Å². The fourth-order valence-corrected chi connectivity index (χ4v) is 5.92. The summed E-state index contributed by atoms with van der Waals surface area (Å²) >= 11 is 0. The molecule has 0 radical (unpaired) electrons. The second-order valence-corrected chi connectivity index (χ2v) is 12.8. The van der Waals surface area contributed by atoms with Crippen molar-refractivity contribution >= 4 is 5.78 Å². The number of hydrogen-bond acceptors (Lipinski definition) is 1. The van der Waals surface area contributed by atoms with E-state index in [1.807, 2.05) is 0 Å². The Labute approximate surface area is 235 Å². The lowest BCUT2D eigenvalue weighted by Crippen LogP contribution is -1.97. The van der Waals surface area contributed by atoms with Crippen molar-refractivity contribution in [2.75, 3.05) is 0 Å². The maximum absolute atomic E-state index is 12.1. The van der Waals surface area contributed by atoms with Gasteiger partial charge in [-0.2, -0.15) is 0 Å². The van der Waals surface area contributed by atoms with Crippen LogP contribution in [0, 0.1) is 5.92 Å². The molecule has 1 heteroatoms. The molecule has 0 aromatic carbocycles. The third-order valence-corrected chi connectivity index (χ3v) is 8.82. The highest BCUT2D eigenvalue weighted by molar-refractivity contribution is 5.78. The molecule has 0 bridgehead atoms. The fourth-order valence-electron chi connectivity index (χ4n) is 5.92. The molecular weight excluding hydrogens is 448 g/mol. The Balaban J connectivity index is 1.65. The molecule has 1 aliphatic rings. The molecule has 0 aliphatic heterocycles. The predicted octanol–water partition coefficient (Wildman–Crippen LogP) is 13.1. The lowest BCUT2D eigenvalue weighted by atomic mass is 10.0. The van der Waals surface area contributed by atoms with Crippen molar-refractivity contribution in [3.8, 4) is 0 Å². The van der Waals surface area contributed by atoms with Gasteiger partial charge in [-0.25, -0.2) is 0 Å². The number of hydrogen-bond donors (Lipinski definition) is 0. The van der Waals surface area contributed by atoms with Crippen molar-refractivity contribution in [3.05, 3.63) is 0 Å². The number of ketones is 1.